The van der Waals surface area contributed by atoms with E-state index < -0.39 is 5.91 Å². The lowest BCUT2D eigenvalue weighted by molar-refractivity contribution is 0.100. The number of amides is 1. The van der Waals surface area contributed by atoms with Crippen LogP contribution in [-0.4, -0.2) is 25.7 Å². The molecule has 6 nitrogen and oxygen atoms in total. The molecule has 0 unspecified atom stereocenters. The summed E-state index contributed by atoms with van der Waals surface area (Å²) in [7, 11) is 0. The van der Waals surface area contributed by atoms with Gasteiger partial charge in [-0.1, -0.05) is 0 Å². The van der Waals surface area contributed by atoms with Gasteiger partial charge in [0.05, 0.1) is 11.8 Å². The monoisotopic (exact) mass is 223 g/mol. The second kappa shape index (κ2) is 3.66. The summed E-state index contributed by atoms with van der Waals surface area (Å²) in [6.45, 7) is 0. The first-order valence-corrected chi connectivity index (χ1v) is 4.38. The van der Waals surface area contributed by atoms with Crippen LogP contribution in [0.15, 0.2) is 24.7 Å². The summed E-state index contributed by atoms with van der Waals surface area (Å²) in [5.74, 6) is -0.0658. The van der Waals surface area contributed by atoms with Crippen LogP contribution < -0.4 is 5.73 Å². The van der Waals surface area contributed by atoms with Crippen LogP contribution in [0.3, 0.4) is 0 Å². The van der Waals surface area contributed by atoms with E-state index in [2.05, 4.69) is 15.1 Å². The quantitative estimate of drug-likeness (QED) is 0.748. The lowest BCUT2D eigenvalue weighted by Gasteiger charge is -1.98. The Labute approximate surface area is 89.7 Å². The minimum Gasteiger partial charge on any atom is -0.366 e. The normalized spacial score (nSPS) is 10.2. The van der Waals surface area contributed by atoms with E-state index in [4.69, 9.17) is 17.3 Å². The number of rotatable bonds is 2. The fourth-order valence-corrected chi connectivity index (χ4v) is 1.17. The number of primary amides is 1. The molecule has 15 heavy (non-hydrogen) atoms. The van der Waals surface area contributed by atoms with Crippen LogP contribution in [0.2, 0.25) is 5.28 Å². The number of halogens is 1. The van der Waals surface area contributed by atoms with Crippen molar-refractivity contribution in [1.82, 2.24) is 19.7 Å². The highest BCUT2D eigenvalue weighted by Crippen LogP contribution is 2.07. The van der Waals surface area contributed by atoms with Gasteiger partial charge in [0, 0.05) is 18.5 Å². The summed E-state index contributed by atoms with van der Waals surface area (Å²) in [6.07, 6.45) is 4.33. The third-order valence-corrected chi connectivity index (χ3v) is 1.90. The predicted octanol–water partition coefficient (Wildman–Crippen LogP) is 0.415. The Balaban J connectivity index is 2.41. The second-order valence-corrected chi connectivity index (χ2v) is 3.06. The molecule has 0 bridgehead atoms. The first-order chi connectivity index (χ1) is 7.16. The number of nitrogens with two attached hydrogens (primary N) is 1. The first kappa shape index (κ1) is 9.60. The molecule has 0 saturated carbocycles. The van der Waals surface area contributed by atoms with Crippen molar-refractivity contribution >= 4 is 17.5 Å². The summed E-state index contributed by atoms with van der Waals surface area (Å²) >= 11 is 5.61. The molecule has 0 aromatic carbocycles. The van der Waals surface area contributed by atoms with Gasteiger partial charge in [-0.3, -0.25) is 4.79 Å². The Morgan fingerprint density at radius 1 is 1.53 bits per heavy atom. The molecule has 2 aromatic rings. The highest BCUT2D eigenvalue weighted by Gasteiger charge is 2.06. The van der Waals surface area contributed by atoms with E-state index in [9.17, 15) is 4.79 Å². The number of nitrogens with zero attached hydrogens (tertiary/aromatic N) is 4. The van der Waals surface area contributed by atoms with Gasteiger partial charge in [-0.05, 0) is 11.6 Å². The molecule has 1 amide bonds. The molecule has 0 spiro atoms. The van der Waals surface area contributed by atoms with E-state index in [1.165, 1.54) is 23.3 Å². The molecule has 2 aromatic heterocycles. The molecule has 0 aliphatic heterocycles. The smallest absolute Gasteiger partial charge is 0.251 e. The SMILES string of the molecule is NC(=O)c1cnn(-c2ccnc(Cl)n2)c1. The summed E-state index contributed by atoms with van der Waals surface area (Å²) in [4.78, 5) is 18.5. The Bertz CT molecular complexity index is 509. The van der Waals surface area contributed by atoms with Crippen LogP contribution in [-0.2, 0) is 0 Å². The molecule has 76 valence electrons. The van der Waals surface area contributed by atoms with Crippen molar-refractivity contribution in [3.63, 3.8) is 0 Å². The van der Waals surface area contributed by atoms with Crippen molar-refractivity contribution in [2.45, 2.75) is 0 Å². The van der Waals surface area contributed by atoms with Gasteiger partial charge in [-0.15, -0.1) is 0 Å². The molecule has 0 aliphatic carbocycles. The van der Waals surface area contributed by atoms with E-state index in [-0.39, 0.29) is 5.28 Å². The van der Waals surface area contributed by atoms with Crippen molar-refractivity contribution in [3.8, 4) is 5.82 Å². The zero-order valence-corrected chi connectivity index (χ0v) is 8.22. The Morgan fingerprint density at radius 2 is 2.33 bits per heavy atom. The van der Waals surface area contributed by atoms with Crippen LogP contribution >= 0.6 is 11.6 Å². The Morgan fingerprint density at radius 3 is 2.93 bits per heavy atom. The Kier molecular flexibility index (Phi) is 2.34. The van der Waals surface area contributed by atoms with Gasteiger partial charge in [-0.2, -0.15) is 10.1 Å². The maximum atomic E-state index is 10.8. The zero-order valence-electron chi connectivity index (χ0n) is 7.46. The first-order valence-electron chi connectivity index (χ1n) is 4.00. The molecule has 0 radical (unpaired) electrons. The van der Waals surface area contributed by atoms with Gasteiger partial charge in [0.15, 0.2) is 5.82 Å². The fourth-order valence-electron chi connectivity index (χ4n) is 1.03. The number of hydrogen-bond donors (Lipinski definition) is 1. The molecule has 2 rings (SSSR count). The standard InChI is InChI=1S/C8H6ClN5O/c9-8-11-2-1-6(13-8)14-4-5(3-12-14)7(10)15/h1-4H,(H2,10,15). The number of carbonyl (C=O) groups is 1. The van der Waals surface area contributed by atoms with Crippen molar-refractivity contribution in [1.29, 1.82) is 0 Å². The second-order valence-electron chi connectivity index (χ2n) is 2.72. The van der Waals surface area contributed by atoms with Gasteiger partial charge >= 0.3 is 0 Å². The average molecular weight is 224 g/mol. The maximum Gasteiger partial charge on any atom is 0.251 e. The van der Waals surface area contributed by atoms with Crippen LogP contribution in [0, 0.1) is 0 Å². The van der Waals surface area contributed by atoms with Gasteiger partial charge in [0.1, 0.15) is 0 Å². The third-order valence-electron chi connectivity index (χ3n) is 1.71. The van der Waals surface area contributed by atoms with Crippen molar-refractivity contribution in [3.05, 3.63) is 35.5 Å². The third kappa shape index (κ3) is 1.94. The predicted molar refractivity (Wildman–Crippen MR) is 52.7 cm³/mol. The summed E-state index contributed by atoms with van der Waals surface area (Å²) < 4.78 is 1.40. The van der Waals surface area contributed by atoms with Crippen LogP contribution in [0.5, 0.6) is 0 Å². The van der Waals surface area contributed by atoms with Crippen LogP contribution in [0.1, 0.15) is 10.4 Å². The molecule has 0 atom stereocenters. The molecular weight excluding hydrogens is 218 g/mol. The van der Waals surface area contributed by atoms with Gasteiger partial charge < -0.3 is 5.73 Å². The Hall–Kier alpha value is -1.95. The fraction of sp³-hybridized carbons (Fsp3) is 0. The molecule has 7 heteroatoms. The van der Waals surface area contributed by atoms with Gasteiger partial charge in [0.25, 0.3) is 5.91 Å². The maximum absolute atomic E-state index is 10.8. The molecule has 2 heterocycles. The highest BCUT2D eigenvalue weighted by atomic mass is 35.5. The lowest BCUT2D eigenvalue weighted by Crippen LogP contribution is -2.09. The largest absolute Gasteiger partial charge is 0.366 e. The number of hydrogen-bond acceptors (Lipinski definition) is 4. The highest BCUT2D eigenvalue weighted by molar-refractivity contribution is 6.28. The molecule has 0 fully saturated rings. The van der Waals surface area contributed by atoms with Gasteiger partial charge in [0.2, 0.25) is 5.28 Å². The molecule has 0 saturated heterocycles. The van der Waals surface area contributed by atoms with E-state index in [0.29, 0.717) is 11.4 Å². The van der Waals surface area contributed by atoms with Crippen molar-refractivity contribution < 1.29 is 4.79 Å². The minimum atomic E-state index is -0.540. The van der Waals surface area contributed by atoms with Crippen LogP contribution in [0.25, 0.3) is 5.82 Å². The molecule has 0 aliphatic rings. The number of aromatic nitrogens is 4. The van der Waals surface area contributed by atoms with E-state index in [1.54, 1.807) is 6.07 Å². The minimum absolute atomic E-state index is 0.114. The topological polar surface area (TPSA) is 86.7 Å². The van der Waals surface area contributed by atoms with E-state index >= 15 is 0 Å². The van der Waals surface area contributed by atoms with E-state index in [0.717, 1.165) is 0 Å². The number of carbonyl (C=O) groups excluding carboxylic acids is 1. The molecular formula is C8H6ClN5O. The lowest BCUT2D eigenvalue weighted by atomic mass is 10.3. The zero-order chi connectivity index (χ0) is 10.8. The van der Waals surface area contributed by atoms with Crippen molar-refractivity contribution in [2.24, 2.45) is 5.73 Å². The average Bonchev–Trinajstić information content (AvgIpc) is 2.66. The van der Waals surface area contributed by atoms with E-state index in [1.807, 2.05) is 0 Å². The van der Waals surface area contributed by atoms with Crippen molar-refractivity contribution in [2.75, 3.05) is 0 Å². The van der Waals surface area contributed by atoms with Crippen LogP contribution in [0.4, 0.5) is 0 Å². The summed E-state index contributed by atoms with van der Waals surface area (Å²) in [5, 5.41) is 4.03. The summed E-state index contributed by atoms with van der Waals surface area (Å²) in [6, 6.07) is 1.61. The molecule has 2 N–H and O–H groups in total. The summed E-state index contributed by atoms with van der Waals surface area (Å²) in [5.41, 5.74) is 5.39. The van der Waals surface area contributed by atoms with Gasteiger partial charge in [-0.25, -0.2) is 9.67 Å².